The molecule has 0 bridgehead atoms. The van der Waals surface area contributed by atoms with E-state index in [1.807, 2.05) is 0 Å². The van der Waals surface area contributed by atoms with Crippen molar-refractivity contribution in [2.45, 2.75) is 329 Å². The van der Waals surface area contributed by atoms with Crippen LogP contribution in [-0.4, -0.2) is 37.2 Å². The monoisotopic (exact) mass is 1010 g/mol. The molecule has 6 nitrogen and oxygen atoms in total. The lowest BCUT2D eigenvalue weighted by Gasteiger charge is -2.18. The van der Waals surface area contributed by atoms with Gasteiger partial charge in [0, 0.05) is 19.3 Å². The highest BCUT2D eigenvalue weighted by Gasteiger charge is 2.19. The van der Waals surface area contributed by atoms with Crippen LogP contribution in [-0.2, 0) is 28.6 Å². The molecule has 0 radical (unpaired) electrons. The van der Waals surface area contributed by atoms with E-state index in [1.165, 1.54) is 193 Å². The Kier molecular flexibility index (Phi) is 58.2. The number of ether oxygens (including phenoxy) is 3. The molecule has 0 spiro atoms. The lowest BCUT2D eigenvalue weighted by atomic mass is 10.0. The summed E-state index contributed by atoms with van der Waals surface area (Å²) in [5, 5.41) is 0. The number of unbranched alkanes of at least 4 members (excludes halogenated alkanes) is 36. The van der Waals surface area contributed by atoms with Crippen molar-refractivity contribution in [2.75, 3.05) is 13.2 Å². The van der Waals surface area contributed by atoms with E-state index in [1.54, 1.807) is 0 Å². The summed E-state index contributed by atoms with van der Waals surface area (Å²) in [6.45, 7) is 6.56. The second kappa shape index (κ2) is 60.7. The quantitative estimate of drug-likeness (QED) is 0.0261. The Morgan fingerprint density at radius 3 is 0.861 bits per heavy atom. The van der Waals surface area contributed by atoms with Crippen LogP contribution in [0.2, 0.25) is 0 Å². The molecule has 72 heavy (non-hydrogen) atoms. The van der Waals surface area contributed by atoms with E-state index in [0.29, 0.717) is 19.3 Å². The molecule has 0 aromatic rings. The van der Waals surface area contributed by atoms with Gasteiger partial charge in [0.15, 0.2) is 6.10 Å². The Hall–Kier alpha value is -2.89. The van der Waals surface area contributed by atoms with Crippen LogP contribution in [0, 0.1) is 0 Å². The molecule has 0 N–H and O–H groups in total. The molecule has 0 aliphatic rings. The van der Waals surface area contributed by atoms with E-state index < -0.39 is 6.10 Å². The average Bonchev–Trinajstić information content (AvgIpc) is 3.38. The van der Waals surface area contributed by atoms with Crippen LogP contribution >= 0.6 is 0 Å². The first-order valence-corrected chi connectivity index (χ1v) is 31.3. The van der Waals surface area contributed by atoms with Gasteiger partial charge in [0.1, 0.15) is 13.2 Å². The van der Waals surface area contributed by atoms with Gasteiger partial charge in [-0.3, -0.25) is 14.4 Å². The Morgan fingerprint density at radius 1 is 0.292 bits per heavy atom. The molecule has 0 aromatic carbocycles. The van der Waals surface area contributed by atoms with E-state index in [0.717, 1.165) is 89.9 Å². The van der Waals surface area contributed by atoms with Gasteiger partial charge in [-0.05, 0) is 83.5 Å². The number of allylic oxidation sites excluding steroid dienone is 10. The number of hydrogen-bond donors (Lipinski definition) is 0. The first kappa shape index (κ1) is 69.1. The summed E-state index contributed by atoms with van der Waals surface area (Å²) in [4.78, 5) is 38.3. The Bertz CT molecular complexity index is 1290. The summed E-state index contributed by atoms with van der Waals surface area (Å²) in [5.74, 6) is -0.870. The van der Waals surface area contributed by atoms with Crippen LogP contribution in [0.25, 0.3) is 0 Å². The molecule has 0 rings (SSSR count). The third-order valence-electron chi connectivity index (χ3n) is 13.8. The van der Waals surface area contributed by atoms with Gasteiger partial charge in [-0.1, -0.05) is 281 Å². The van der Waals surface area contributed by atoms with E-state index in [-0.39, 0.29) is 31.1 Å². The molecule has 0 aliphatic carbocycles. The fraction of sp³-hybridized carbons (Fsp3) is 0.803. The standard InChI is InChI=1S/C66H118O6/c1-4-7-10-13-16-19-22-25-28-30-31-32-33-34-35-36-39-41-44-47-50-53-56-59-65(68)71-62-63(61-70-64(67)58-55-52-49-46-43-40-37-27-24-21-18-15-12-9-6-3)72-66(69)60-57-54-51-48-45-42-38-29-26-23-20-17-14-11-8-5-2/h7,10,16,19,25,28-29,31-32,38,63H,4-6,8-9,11-15,17-18,20-24,26-27,30,33-37,39-62H2,1-3H3/b10-7-,19-16-,28-25-,32-31-,38-29-. The van der Waals surface area contributed by atoms with Crippen LogP contribution in [0.15, 0.2) is 60.8 Å². The van der Waals surface area contributed by atoms with E-state index in [9.17, 15) is 14.4 Å². The fourth-order valence-electron chi connectivity index (χ4n) is 9.08. The first-order valence-electron chi connectivity index (χ1n) is 31.3. The van der Waals surface area contributed by atoms with E-state index in [2.05, 4.69) is 81.5 Å². The maximum absolute atomic E-state index is 12.9. The van der Waals surface area contributed by atoms with Crippen molar-refractivity contribution >= 4 is 17.9 Å². The molecular weight excluding hydrogens is 889 g/mol. The van der Waals surface area contributed by atoms with Crippen LogP contribution in [0.5, 0.6) is 0 Å². The van der Waals surface area contributed by atoms with Gasteiger partial charge >= 0.3 is 17.9 Å². The third kappa shape index (κ3) is 58.0. The molecule has 1 unspecified atom stereocenters. The summed E-state index contributed by atoms with van der Waals surface area (Å²) in [7, 11) is 0. The maximum atomic E-state index is 12.9. The normalized spacial score (nSPS) is 12.4. The highest BCUT2D eigenvalue weighted by molar-refractivity contribution is 5.71. The maximum Gasteiger partial charge on any atom is 0.306 e. The van der Waals surface area contributed by atoms with Crippen molar-refractivity contribution < 1.29 is 28.6 Å². The molecule has 0 heterocycles. The van der Waals surface area contributed by atoms with Crippen LogP contribution in [0.3, 0.4) is 0 Å². The zero-order valence-corrected chi connectivity index (χ0v) is 47.9. The van der Waals surface area contributed by atoms with E-state index in [4.69, 9.17) is 14.2 Å². The Morgan fingerprint density at radius 2 is 0.542 bits per heavy atom. The van der Waals surface area contributed by atoms with Crippen molar-refractivity contribution in [1.82, 2.24) is 0 Å². The minimum absolute atomic E-state index is 0.0750. The molecule has 0 amide bonds. The van der Waals surface area contributed by atoms with Crippen LogP contribution in [0.1, 0.15) is 323 Å². The molecule has 1 atom stereocenters. The largest absolute Gasteiger partial charge is 0.462 e. The number of hydrogen-bond acceptors (Lipinski definition) is 6. The molecule has 0 aliphatic heterocycles. The van der Waals surface area contributed by atoms with Gasteiger partial charge < -0.3 is 14.2 Å². The van der Waals surface area contributed by atoms with Crippen molar-refractivity contribution in [2.24, 2.45) is 0 Å². The molecule has 0 saturated heterocycles. The van der Waals surface area contributed by atoms with Crippen molar-refractivity contribution in [1.29, 1.82) is 0 Å². The van der Waals surface area contributed by atoms with Crippen molar-refractivity contribution in [3.05, 3.63) is 60.8 Å². The Labute approximate surface area is 447 Å². The zero-order chi connectivity index (χ0) is 52.2. The zero-order valence-electron chi connectivity index (χ0n) is 47.9. The molecule has 0 saturated carbocycles. The fourth-order valence-corrected chi connectivity index (χ4v) is 9.08. The smallest absolute Gasteiger partial charge is 0.306 e. The number of carbonyl (C=O) groups excluding carboxylic acids is 3. The van der Waals surface area contributed by atoms with Crippen molar-refractivity contribution in [3.8, 4) is 0 Å². The van der Waals surface area contributed by atoms with Gasteiger partial charge in [0.05, 0.1) is 0 Å². The molecule has 418 valence electrons. The molecular formula is C66H118O6. The van der Waals surface area contributed by atoms with E-state index >= 15 is 0 Å². The molecule has 6 heteroatoms. The number of esters is 3. The summed E-state index contributed by atoms with van der Waals surface area (Å²) in [6.07, 6.45) is 76.4. The Balaban J connectivity index is 4.33. The van der Waals surface area contributed by atoms with Gasteiger partial charge in [-0.15, -0.1) is 0 Å². The SMILES string of the molecule is CC/C=C\C/C=C\C/C=C\C/C=C\CCCCCCCCCCCCC(=O)OCC(COC(=O)CCCCCCCCCCCCCCCCC)OC(=O)CCCCCCC/C=C\CCCCCCCCC. The minimum atomic E-state index is -0.779. The predicted molar refractivity (Wildman–Crippen MR) is 312 cm³/mol. The second-order valence-corrected chi connectivity index (χ2v) is 20.9. The summed E-state index contributed by atoms with van der Waals surface area (Å²) in [6, 6.07) is 0. The second-order valence-electron chi connectivity index (χ2n) is 20.9. The molecule has 0 fully saturated rings. The van der Waals surface area contributed by atoms with Crippen LogP contribution in [0.4, 0.5) is 0 Å². The minimum Gasteiger partial charge on any atom is -0.462 e. The average molecular weight is 1010 g/mol. The lowest BCUT2D eigenvalue weighted by molar-refractivity contribution is -0.167. The van der Waals surface area contributed by atoms with Gasteiger partial charge in [-0.2, -0.15) is 0 Å². The topological polar surface area (TPSA) is 78.9 Å². The summed E-state index contributed by atoms with van der Waals surface area (Å²) >= 11 is 0. The number of carbonyl (C=O) groups is 3. The summed E-state index contributed by atoms with van der Waals surface area (Å²) in [5.41, 5.74) is 0. The lowest BCUT2D eigenvalue weighted by Crippen LogP contribution is -2.30. The van der Waals surface area contributed by atoms with Gasteiger partial charge in [0.2, 0.25) is 0 Å². The predicted octanol–water partition coefficient (Wildman–Crippen LogP) is 21.2. The third-order valence-corrected chi connectivity index (χ3v) is 13.8. The highest BCUT2D eigenvalue weighted by atomic mass is 16.6. The summed E-state index contributed by atoms with van der Waals surface area (Å²) < 4.78 is 16.9. The van der Waals surface area contributed by atoms with Gasteiger partial charge in [-0.25, -0.2) is 0 Å². The highest BCUT2D eigenvalue weighted by Crippen LogP contribution is 2.17. The number of rotatable bonds is 57. The van der Waals surface area contributed by atoms with Gasteiger partial charge in [0.25, 0.3) is 0 Å². The molecule has 0 aromatic heterocycles. The van der Waals surface area contributed by atoms with Crippen molar-refractivity contribution in [3.63, 3.8) is 0 Å². The first-order chi connectivity index (χ1) is 35.5. The van der Waals surface area contributed by atoms with Crippen LogP contribution < -0.4 is 0 Å².